The molecule has 18 heavy (non-hydrogen) atoms. The average molecular weight is 247 g/mol. The van der Waals surface area contributed by atoms with E-state index in [0.717, 1.165) is 23.2 Å². The predicted octanol–water partition coefficient (Wildman–Crippen LogP) is 2.36. The number of rotatable bonds is 4. The number of hydrogen-bond donors (Lipinski definition) is 1. The standard InChI is InChI=1S/C14H18FN3/c1-3-14-12(9-18(2)17-14)13(16)8-10-4-6-11(15)7-5-10/h4-7,9,13H,3,8,16H2,1-2H3. The molecule has 1 heterocycles. The van der Waals surface area contributed by atoms with Crippen LogP contribution in [-0.4, -0.2) is 9.78 Å². The molecule has 0 radical (unpaired) electrons. The van der Waals surface area contributed by atoms with E-state index >= 15 is 0 Å². The Balaban J connectivity index is 2.16. The van der Waals surface area contributed by atoms with Crippen LogP contribution in [0.25, 0.3) is 0 Å². The molecule has 0 aliphatic carbocycles. The van der Waals surface area contributed by atoms with E-state index in [9.17, 15) is 4.39 Å². The summed E-state index contributed by atoms with van der Waals surface area (Å²) >= 11 is 0. The summed E-state index contributed by atoms with van der Waals surface area (Å²) in [6, 6.07) is 6.38. The molecule has 1 aromatic carbocycles. The van der Waals surface area contributed by atoms with Crippen molar-refractivity contribution in [3.05, 3.63) is 53.1 Å². The number of hydrogen-bond acceptors (Lipinski definition) is 2. The van der Waals surface area contributed by atoms with Crippen LogP contribution in [0, 0.1) is 5.82 Å². The van der Waals surface area contributed by atoms with Gasteiger partial charge in [-0.05, 0) is 30.5 Å². The minimum atomic E-state index is -0.219. The molecule has 2 aromatic rings. The number of benzene rings is 1. The van der Waals surface area contributed by atoms with Crippen molar-refractivity contribution in [2.24, 2.45) is 12.8 Å². The van der Waals surface area contributed by atoms with E-state index in [2.05, 4.69) is 12.0 Å². The second-order valence-electron chi connectivity index (χ2n) is 4.50. The summed E-state index contributed by atoms with van der Waals surface area (Å²) in [6.07, 6.45) is 3.53. The predicted molar refractivity (Wildman–Crippen MR) is 69.6 cm³/mol. The lowest BCUT2D eigenvalue weighted by Crippen LogP contribution is -2.14. The lowest BCUT2D eigenvalue weighted by Gasteiger charge is -2.11. The van der Waals surface area contributed by atoms with E-state index in [4.69, 9.17) is 5.73 Å². The smallest absolute Gasteiger partial charge is 0.123 e. The zero-order valence-corrected chi connectivity index (χ0v) is 10.7. The molecule has 1 atom stereocenters. The van der Waals surface area contributed by atoms with Gasteiger partial charge in [-0.25, -0.2) is 4.39 Å². The molecule has 96 valence electrons. The maximum Gasteiger partial charge on any atom is 0.123 e. The highest BCUT2D eigenvalue weighted by Gasteiger charge is 2.14. The lowest BCUT2D eigenvalue weighted by molar-refractivity contribution is 0.625. The third kappa shape index (κ3) is 2.76. The van der Waals surface area contributed by atoms with Crippen LogP contribution in [-0.2, 0) is 19.9 Å². The molecule has 0 spiro atoms. The Kier molecular flexibility index (Phi) is 3.77. The molecule has 2 N–H and O–H groups in total. The van der Waals surface area contributed by atoms with Crippen LogP contribution in [0.3, 0.4) is 0 Å². The Morgan fingerprint density at radius 3 is 2.61 bits per heavy atom. The highest BCUT2D eigenvalue weighted by atomic mass is 19.1. The van der Waals surface area contributed by atoms with Crippen LogP contribution in [0.5, 0.6) is 0 Å². The van der Waals surface area contributed by atoms with Gasteiger partial charge in [-0.2, -0.15) is 5.10 Å². The monoisotopic (exact) mass is 247 g/mol. The Morgan fingerprint density at radius 2 is 2.00 bits per heavy atom. The van der Waals surface area contributed by atoms with Gasteiger partial charge in [0.25, 0.3) is 0 Å². The molecule has 0 amide bonds. The summed E-state index contributed by atoms with van der Waals surface area (Å²) < 4.78 is 14.6. The van der Waals surface area contributed by atoms with Gasteiger partial charge in [0.15, 0.2) is 0 Å². The minimum Gasteiger partial charge on any atom is -0.324 e. The fourth-order valence-corrected chi connectivity index (χ4v) is 2.12. The Hall–Kier alpha value is -1.68. The van der Waals surface area contributed by atoms with Crippen molar-refractivity contribution in [3.63, 3.8) is 0 Å². The van der Waals surface area contributed by atoms with E-state index in [1.165, 1.54) is 12.1 Å². The van der Waals surface area contributed by atoms with Crippen molar-refractivity contribution >= 4 is 0 Å². The quantitative estimate of drug-likeness (QED) is 0.901. The van der Waals surface area contributed by atoms with Crippen molar-refractivity contribution in [3.8, 4) is 0 Å². The van der Waals surface area contributed by atoms with Crippen molar-refractivity contribution in [1.82, 2.24) is 9.78 Å². The molecule has 0 saturated carbocycles. The maximum atomic E-state index is 12.8. The Labute approximate surface area is 106 Å². The normalized spacial score (nSPS) is 12.7. The van der Waals surface area contributed by atoms with E-state index in [-0.39, 0.29) is 11.9 Å². The molecule has 0 saturated heterocycles. The van der Waals surface area contributed by atoms with Gasteiger partial charge >= 0.3 is 0 Å². The van der Waals surface area contributed by atoms with Gasteiger partial charge in [0.05, 0.1) is 5.69 Å². The van der Waals surface area contributed by atoms with Crippen molar-refractivity contribution in [1.29, 1.82) is 0 Å². The van der Waals surface area contributed by atoms with Crippen LogP contribution in [0.4, 0.5) is 4.39 Å². The molecule has 1 aromatic heterocycles. The second-order valence-corrected chi connectivity index (χ2v) is 4.50. The summed E-state index contributed by atoms with van der Waals surface area (Å²) in [5.74, 6) is -0.219. The molecule has 3 nitrogen and oxygen atoms in total. The summed E-state index contributed by atoms with van der Waals surface area (Å²) in [5, 5.41) is 4.38. The fourth-order valence-electron chi connectivity index (χ4n) is 2.12. The van der Waals surface area contributed by atoms with E-state index in [1.54, 1.807) is 16.8 Å². The summed E-state index contributed by atoms with van der Waals surface area (Å²) in [5.41, 5.74) is 9.35. The van der Waals surface area contributed by atoms with Crippen LogP contribution >= 0.6 is 0 Å². The lowest BCUT2D eigenvalue weighted by atomic mass is 9.99. The molecule has 0 fully saturated rings. The van der Waals surface area contributed by atoms with Gasteiger partial charge in [0.2, 0.25) is 0 Å². The first kappa shape index (κ1) is 12.8. The highest BCUT2D eigenvalue weighted by Crippen LogP contribution is 2.19. The zero-order chi connectivity index (χ0) is 13.1. The van der Waals surface area contributed by atoms with Gasteiger partial charge in [-0.15, -0.1) is 0 Å². The first-order chi connectivity index (χ1) is 8.60. The molecule has 1 unspecified atom stereocenters. The van der Waals surface area contributed by atoms with Crippen molar-refractivity contribution in [2.75, 3.05) is 0 Å². The molecule has 2 rings (SSSR count). The molecule has 0 bridgehead atoms. The molecular formula is C14H18FN3. The van der Waals surface area contributed by atoms with Crippen molar-refractivity contribution in [2.45, 2.75) is 25.8 Å². The summed E-state index contributed by atoms with van der Waals surface area (Å²) in [6.45, 7) is 2.07. The maximum absolute atomic E-state index is 12.8. The number of halogens is 1. The summed E-state index contributed by atoms with van der Waals surface area (Å²) in [7, 11) is 1.90. The van der Waals surface area contributed by atoms with Crippen LogP contribution in [0.2, 0.25) is 0 Å². The number of nitrogens with zero attached hydrogens (tertiary/aromatic N) is 2. The van der Waals surface area contributed by atoms with Crippen molar-refractivity contribution < 1.29 is 4.39 Å². The van der Waals surface area contributed by atoms with Crippen LogP contribution in [0.15, 0.2) is 30.5 Å². The zero-order valence-electron chi connectivity index (χ0n) is 10.7. The minimum absolute atomic E-state index is 0.0980. The van der Waals surface area contributed by atoms with Crippen LogP contribution in [0.1, 0.15) is 29.8 Å². The number of aryl methyl sites for hydroxylation is 2. The molecule has 4 heteroatoms. The largest absolute Gasteiger partial charge is 0.324 e. The third-order valence-corrected chi connectivity index (χ3v) is 3.04. The third-order valence-electron chi connectivity index (χ3n) is 3.04. The van der Waals surface area contributed by atoms with Gasteiger partial charge in [0.1, 0.15) is 5.82 Å². The Morgan fingerprint density at radius 1 is 1.33 bits per heavy atom. The van der Waals surface area contributed by atoms with Crippen LogP contribution < -0.4 is 5.73 Å². The van der Waals surface area contributed by atoms with Gasteiger partial charge in [-0.1, -0.05) is 19.1 Å². The Bertz CT molecular complexity index is 516. The van der Waals surface area contributed by atoms with E-state index in [0.29, 0.717) is 6.42 Å². The van der Waals surface area contributed by atoms with Gasteiger partial charge in [0, 0.05) is 24.8 Å². The SMILES string of the molecule is CCc1nn(C)cc1C(N)Cc1ccc(F)cc1. The molecule has 0 aliphatic heterocycles. The van der Waals surface area contributed by atoms with Gasteiger partial charge in [-0.3, -0.25) is 4.68 Å². The van der Waals surface area contributed by atoms with Gasteiger partial charge < -0.3 is 5.73 Å². The molecular weight excluding hydrogens is 229 g/mol. The van der Waals surface area contributed by atoms with E-state index < -0.39 is 0 Å². The second kappa shape index (κ2) is 5.31. The van der Waals surface area contributed by atoms with E-state index in [1.807, 2.05) is 13.2 Å². The fraction of sp³-hybridized carbons (Fsp3) is 0.357. The summed E-state index contributed by atoms with van der Waals surface area (Å²) in [4.78, 5) is 0. The first-order valence-corrected chi connectivity index (χ1v) is 6.12. The average Bonchev–Trinajstić information content (AvgIpc) is 2.73. The first-order valence-electron chi connectivity index (χ1n) is 6.12. The number of aromatic nitrogens is 2. The topological polar surface area (TPSA) is 43.8 Å². The molecule has 0 aliphatic rings. The number of nitrogens with two attached hydrogens (primary N) is 1. The highest BCUT2D eigenvalue weighted by molar-refractivity contribution is 5.25.